The zero-order valence-electron chi connectivity index (χ0n) is 6.86. The lowest BCUT2D eigenvalue weighted by molar-refractivity contribution is 0.785. The van der Waals surface area contributed by atoms with Gasteiger partial charge in [-0.15, -0.1) is 10.2 Å². The highest BCUT2D eigenvalue weighted by Gasteiger charge is 1.96. The lowest BCUT2D eigenvalue weighted by atomic mass is 10.5. The Bertz CT molecular complexity index is 238. The van der Waals surface area contributed by atoms with E-state index in [1.54, 1.807) is 11.0 Å². The van der Waals surface area contributed by atoms with E-state index in [2.05, 4.69) is 15.3 Å². The Labute approximate surface area is 65.9 Å². The third kappa shape index (κ3) is 1.86. The van der Waals surface area contributed by atoms with E-state index in [9.17, 15) is 0 Å². The molecule has 0 bridgehead atoms. The van der Waals surface area contributed by atoms with Crippen LogP contribution in [0.4, 0.5) is 0 Å². The summed E-state index contributed by atoms with van der Waals surface area (Å²) in [4.78, 5) is 0. The van der Waals surface area contributed by atoms with Crippen LogP contribution >= 0.6 is 0 Å². The van der Waals surface area contributed by atoms with Crippen molar-refractivity contribution in [3.8, 4) is 0 Å². The number of aryl methyl sites for hydroxylation is 1. The van der Waals surface area contributed by atoms with Crippen LogP contribution in [0.2, 0.25) is 0 Å². The Balaban J connectivity index is 2.76. The van der Waals surface area contributed by atoms with E-state index in [-0.39, 0.29) is 0 Å². The molecule has 0 amide bonds. The van der Waals surface area contributed by atoms with Crippen molar-refractivity contribution in [3.05, 3.63) is 12.2 Å². The van der Waals surface area contributed by atoms with Crippen molar-refractivity contribution in [2.45, 2.75) is 26.7 Å². The van der Waals surface area contributed by atoms with Crippen molar-refractivity contribution in [1.29, 1.82) is 0 Å². The summed E-state index contributed by atoms with van der Waals surface area (Å²) in [7, 11) is 0. The van der Waals surface area contributed by atoms with Crippen LogP contribution in [0.15, 0.2) is 11.4 Å². The van der Waals surface area contributed by atoms with Gasteiger partial charge in [0.1, 0.15) is 6.33 Å². The number of aromatic nitrogens is 3. The van der Waals surface area contributed by atoms with E-state index in [0.717, 1.165) is 18.7 Å². The molecule has 0 atom stereocenters. The van der Waals surface area contributed by atoms with Crippen molar-refractivity contribution in [1.82, 2.24) is 14.9 Å². The van der Waals surface area contributed by atoms with Crippen LogP contribution in [-0.4, -0.2) is 21.1 Å². The molecular weight excluding hydrogens is 140 g/mol. The van der Waals surface area contributed by atoms with Crippen LogP contribution in [0.25, 0.3) is 0 Å². The van der Waals surface area contributed by atoms with Crippen LogP contribution in [0.3, 0.4) is 0 Å². The summed E-state index contributed by atoms with van der Waals surface area (Å²) in [5.74, 6) is 0.898. The summed E-state index contributed by atoms with van der Waals surface area (Å²) >= 11 is 0. The van der Waals surface area contributed by atoms with E-state index in [1.165, 1.54) is 0 Å². The van der Waals surface area contributed by atoms with Gasteiger partial charge in [0.05, 0.1) is 0 Å². The Morgan fingerprint density at radius 3 is 3.09 bits per heavy atom. The standard InChI is InChI=1S/C7H12N4/c1-3-5-9-11-6-8-10-7(11)4-2/h5-6H,3-4H2,1-2H3. The molecule has 4 nitrogen and oxygen atoms in total. The van der Waals surface area contributed by atoms with Crippen LogP contribution in [0.1, 0.15) is 26.1 Å². The monoisotopic (exact) mass is 152 g/mol. The molecule has 0 radical (unpaired) electrons. The maximum absolute atomic E-state index is 4.12. The lowest BCUT2D eigenvalue weighted by Gasteiger charge is -1.93. The Hall–Kier alpha value is -1.19. The quantitative estimate of drug-likeness (QED) is 0.608. The van der Waals surface area contributed by atoms with Gasteiger partial charge in [0.15, 0.2) is 5.82 Å². The van der Waals surface area contributed by atoms with E-state index in [4.69, 9.17) is 0 Å². The highest BCUT2D eigenvalue weighted by atomic mass is 15.4. The Morgan fingerprint density at radius 1 is 1.64 bits per heavy atom. The van der Waals surface area contributed by atoms with Gasteiger partial charge < -0.3 is 0 Å². The van der Waals surface area contributed by atoms with Crippen molar-refractivity contribution in [2.24, 2.45) is 5.10 Å². The molecule has 0 aliphatic heterocycles. The number of hydrogen-bond donors (Lipinski definition) is 0. The minimum atomic E-state index is 0.862. The molecule has 11 heavy (non-hydrogen) atoms. The van der Waals surface area contributed by atoms with Gasteiger partial charge in [0.2, 0.25) is 0 Å². The minimum absolute atomic E-state index is 0.862. The molecule has 1 heterocycles. The zero-order valence-corrected chi connectivity index (χ0v) is 6.86. The Kier molecular flexibility index (Phi) is 2.77. The summed E-state index contributed by atoms with van der Waals surface area (Å²) in [6.07, 6.45) is 5.25. The van der Waals surface area contributed by atoms with Gasteiger partial charge in [0.25, 0.3) is 0 Å². The molecule has 1 aromatic rings. The van der Waals surface area contributed by atoms with Crippen LogP contribution in [-0.2, 0) is 6.42 Å². The second-order valence-corrected chi connectivity index (χ2v) is 2.15. The van der Waals surface area contributed by atoms with Crippen LogP contribution in [0.5, 0.6) is 0 Å². The van der Waals surface area contributed by atoms with E-state index in [1.807, 2.05) is 20.1 Å². The molecule has 0 N–H and O–H groups in total. The first-order chi connectivity index (χ1) is 5.38. The zero-order chi connectivity index (χ0) is 8.10. The molecule has 1 rings (SSSR count). The summed E-state index contributed by atoms with van der Waals surface area (Å²) in [6.45, 7) is 4.07. The molecule has 0 aliphatic carbocycles. The third-order valence-electron chi connectivity index (χ3n) is 1.30. The minimum Gasteiger partial charge on any atom is -0.205 e. The molecule has 0 unspecified atom stereocenters. The molecule has 0 fully saturated rings. The molecule has 0 saturated heterocycles. The van der Waals surface area contributed by atoms with Gasteiger partial charge in [-0.3, -0.25) is 0 Å². The topological polar surface area (TPSA) is 43.1 Å². The fraction of sp³-hybridized carbons (Fsp3) is 0.571. The highest BCUT2D eigenvalue weighted by molar-refractivity contribution is 5.56. The summed E-state index contributed by atoms with van der Waals surface area (Å²) < 4.78 is 1.70. The average Bonchev–Trinajstić information content (AvgIpc) is 2.47. The summed E-state index contributed by atoms with van der Waals surface area (Å²) in [5.41, 5.74) is 0. The fourth-order valence-corrected chi connectivity index (χ4v) is 0.753. The van der Waals surface area contributed by atoms with Crippen LogP contribution in [0, 0.1) is 0 Å². The van der Waals surface area contributed by atoms with Crippen molar-refractivity contribution >= 4 is 6.21 Å². The highest BCUT2D eigenvalue weighted by Crippen LogP contribution is 1.94. The largest absolute Gasteiger partial charge is 0.205 e. The van der Waals surface area contributed by atoms with E-state index < -0.39 is 0 Å². The molecule has 0 saturated carbocycles. The lowest BCUT2D eigenvalue weighted by Crippen LogP contribution is -1.94. The van der Waals surface area contributed by atoms with Gasteiger partial charge in [-0.2, -0.15) is 5.10 Å². The van der Waals surface area contributed by atoms with Gasteiger partial charge in [-0.1, -0.05) is 13.8 Å². The van der Waals surface area contributed by atoms with Gasteiger partial charge in [0, 0.05) is 12.6 Å². The molecule has 0 spiro atoms. The molecule has 4 heteroatoms. The van der Waals surface area contributed by atoms with Gasteiger partial charge >= 0.3 is 0 Å². The molecule has 60 valence electrons. The SMILES string of the molecule is CCC=Nn1cnnc1CC. The first-order valence-corrected chi connectivity index (χ1v) is 3.80. The summed E-state index contributed by atoms with van der Waals surface area (Å²) in [5, 5.41) is 11.8. The van der Waals surface area contributed by atoms with E-state index in [0.29, 0.717) is 0 Å². The molecule has 0 aromatic carbocycles. The second kappa shape index (κ2) is 3.85. The average molecular weight is 152 g/mol. The number of hydrogen-bond acceptors (Lipinski definition) is 3. The smallest absolute Gasteiger partial charge is 0.154 e. The van der Waals surface area contributed by atoms with E-state index >= 15 is 0 Å². The van der Waals surface area contributed by atoms with Crippen molar-refractivity contribution in [3.63, 3.8) is 0 Å². The maximum atomic E-state index is 4.12. The summed E-state index contributed by atoms with van der Waals surface area (Å²) in [6, 6.07) is 0. The predicted octanol–water partition coefficient (Wildman–Crippen LogP) is 1.08. The predicted molar refractivity (Wildman–Crippen MR) is 43.6 cm³/mol. The second-order valence-electron chi connectivity index (χ2n) is 2.15. The normalized spacial score (nSPS) is 11.1. The number of nitrogens with zero attached hydrogens (tertiary/aromatic N) is 4. The number of rotatable bonds is 3. The molecular formula is C7H12N4. The van der Waals surface area contributed by atoms with Gasteiger partial charge in [-0.25, -0.2) is 4.68 Å². The molecule has 1 aromatic heterocycles. The Morgan fingerprint density at radius 2 is 2.45 bits per heavy atom. The maximum Gasteiger partial charge on any atom is 0.154 e. The first-order valence-electron chi connectivity index (χ1n) is 3.80. The molecule has 0 aliphatic rings. The van der Waals surface area contributed by atoms with Gasteiger partial charge in [-0.05, 0) is 6.42 Å². The third-order valence-corrected chi connectivity index (χ3v) is 1.30. The van der Waals surface area contributed by atoms with Crippen molar-refractivity contribution in [2.75, 3.05) is 0 Å². The fourth-order valence-electron chi connectivity index (χ4n) is 0.753. The van der Waals surface area contributed by atoms with Crippen molar-refractivity contribution < 1.29 is 0 Å². The first kappa shape index (κ1) is 7.91. The van der Waals surface area contributed by atoms with Crippen LogP contribution < -0.4 is 0 Å².